The third-order valence-electron chi connectivity index (χ3n) is 0. The molecule has 0 bridgehead atoms. The summed E-state index contributed by atoms with van der Waals surface area (Å²) in [7, 11) is 0. The van der Waals surface area contributed by atoms with Gasteiger partial charge in [-0.15, -0.1) is 0 Å². The van der Waals surface area contributed by atoms with E-state index in [0.29, 0.717) is 0 Å². The van der Waals surface area contributed by atoms with Gasteiger partial charge >= 0.3 is 0 Å². The Bertz CT molecular complexity index is 7.62. The molecule has 0 aromatic carbocycles. The van der Waals surface area contributed by atoms with Crippen LogP contribution in [0.2, 0.25) is 0 Å². The summed E-state index contributed by atoms with van der Waals surface area (Å²) < 4.78 is 0. The average molecular weight is 6420 g/mol. The molecule has 0 aliphatic carbocycles. The summed E-state index contributed by atoms with van der Waals surface area (Å²) >= 11 is 0. The van der Waals surface area contributed by atoms with Crippen molar-refractivity contribution < 1.29 is 2360 Å². The van der Waals surface area contributed by atoms with E-state index in [1.54, 1.807) is 0 Å². The maximum atomic E-state index is 0. The van der Waals surface area contributed by atoms with E-state index in [9.17, 15) is 0 Å². The third kappa shape index (κ3) is 536. The molecule has 0 aliphatic heterocycles. The Morgan fingerprint density at radius 1 is 0.0274 bits per heavy atom. The molecular formula is CH3Y72-. The molecule has 0 spiro atoms. The van der Waals surface area contributed by atoms with Crippen molar-refractivity contribution in [3.63, 3.8) is 0 Å². The maximum absolute atomic E-state index is 0. The van der Waals surface area contributed by atoms with Crippen molar-refractivity contribution in [2.75, 3.05) is 0 Å². The second-order valence-electron chi connectivity index (χ2n) is 0. The molecule has 72 heteroatoms. The van der Waals surface area contributed by atoms with Crippen molar-refractivity contribution in [3.8, 4) is 0 Å². The Labute approximate surface area is 2270 Å². The summed E-state index contributed by atoms with van der Waals surface area (Å²) in [6.45, 7) is 0. The molecule has 0 aromatic heterocycles. The van der Waals surface area contributed by atoms with Gasteiger partial charge in [0, 0.05) is 2360 Å². The van der Waals surface area contributed by atoms with Gasteiger partial charge in [-0.25, -0.2) is 0 Å². The quantitative estimate of drug-likeness (QED) is 0.307. The van der Waals surface area contributed by atoms with Crippen LogP contribution in [0.25, 0.3) is 0 Å². The molecule has 72 radical (unpaired) electrons. The van der Waals surface area contributed by atoms with Crippen molar-refractivity contribution in [2.45, 2.75) is 0 Å². The summed E-state index contributed by atoms with van der Waals surface area (Å²) in [5.41, 5.74) is 0. The smallest absolute Gasteiger partial charge is 0 e. The second-order valence-corrected chi connectivity index (χ2v) is 0. The minimum atomic E-state index is 0. The van der Waals surface area contributed by atoms with Crippen LogP contribution < -0.4 is 0 Å². The summed E-state index contributed by atoms with van der Waals surface area (Å²) in [4.78, 5) is 0. The minimum Gasteiger partial charge on any atom is -0.358 e. The first kappa shape index (κ1) is 554. The fourth-order valence-electron chi connectivity index (χ4n) is 0. The molecule has 0 N–H and O–H groups in total. The molecule has 0 rings (SSSR count). The summed E-state index contributed by atoms with van der Waals surface area (Å²) in [6.07, 6.45) is 0. The van der Waals surface area contributed by atoms with Crippen LogP contribution in [0.1, 0.15) is 0 Å². The van der Waals surface area contributed by atoms with Gasteiger partial charge in [0.05, 0.1) is 0 Å². The second kappa shape index (κ2) is 543. The molecule has 0 amide bonds. The topological polar surface area (TPSA) is 0 Å². The molecule has 0 aliphatic rings. The summed E-state index contributed by atoms with van der Waals surface area (Å²) in [5.74, 6) is 0. The average Bonchev–Trinajstić information content (AvgIpc) is 0. The van der Waals surface area contributed by atoms with E-state index in [-0.39, 0.29) is 2360 Å². The largest absolute Gasteiger partial charge is 0.358 e. The molecule has 73 heavy (non-hydrogen) atoms. The van der Waals surface area contributed by atoms with Crippen LogP contribution in [-0.2, 0) is 2360 Å². The third-order valence-corrected chi connectivity index (χ3v) is 0. The molecule has 0 saturated carbocycles. The van der Waals surface area contributed by atoms with Gasteiger partial charge in [-0.3, -0.25) is 0 Å². The molecule has 0 saturated heterocycles. The molecule has 0 atom stereocenters. The summed E-state index contributed by atoms with van der Waals surface area (Å²) in [5, 5.41) is 0. The molecule has 0 fully saturated rings. The first-order valence-electron chi connectivity index (χ1n) is 0. The van der Waals surface area contributed by atoms with Crippen LogP contribution in [0, 0.1) is 7.43 Å². The fraction of sp³-hybridized carbons (Fsp3) is 0. The molecule has 0 unspecified atom stereocenters. The SMILES string of the molecule is [CH3-].[Y].[Y].[Y].[Y].[Y].[Y].[Y].[Y].[Y].[Y].[Y].[Y].[Y].[Y].[Y].[Y].[Y].[Y].[Y].[Y].[Y].[Y].[Y].[Y].[Y].[Y].[Y].[Y].[Y].[Y].[Y].[Y].[Y].[Y].[Y].[Y].[Y].[Y].[Y].[Y].[Y].[Y].[Y].[Y].[Y].[Y].[Y].[Y].[Y].[Y].[Y].[Y].[Y].[Y].[Y].[Y].[Y].[Y].[Y].[Y].[Y].[Y].[Y].[Y].[Y].[Y].[Y].[Y].[Y].[Y].[Y].[Y]. The van der Waals surface area contributed by atoms with E-state index in [4.69, 9.17) is 0 Å². The van der Waals surface area contributed by atoms with E-state index in [2.05, 4.69) is 0 Å². The van der Waals surface area contributed by atoms with Gasteiger partial charge in [0.15, 0.2) is 0 Å². The van der Waals surface area contributed by atoms with Crippen molar-refractivity contribution in [2.24, 2.45) is 0 Å². The zero-order chi connectivity index (χ0) is 0. The van der Waals surface area contributed by atoms with Gasteiger partial charge < -0.3 is 7.43 Å². The van der Waals surface area contributed by atoms with E-state index in [0.717, 1.165) is 0 Å². The monoisotopic (exact) mass is 6420 g/mol. The summed E-state index contributed by atoms with van der Waals surface area (Å²) in [6, 6.07) is 0. The number of rotatable bonds is 0. The van der Waals surface area contributed by atoms with Crippen LogP contribution in [0.15, 0.2) is 0 Å². The van der Waals surface area contributed by atoms with E-state index in [1.807, 2.05) is 0 Å². The Morgan fingerprint density at radius 3 is 0.0274 bits per heavy atom. The Balaban J connectivity index is 0. The van der Waals surface area contributed by atoms with Crippen LogP contribution in [0.3, 0.4) is 0 Å². The van der Waals surface area contributed by atoms with Gasteiger partial charge in [-0.05, 0) is 0 Å². The van der Waals surface area contributed by atoms with E-state index >= 15 is 0 Å². The molecule has 0 nitrogen and oxygen atoms in total. The Kier molecular flexibility index (Phi) is 4120. The first-order chi connectivity index (χ1) is 0. The number of hydrogen-bond donors (Lipinski definition) is 0. The van der Waals surface area contributed by atoms with Crippen LogP contribution in [0.5, 0.6) is 0 Å². The van der Waals surface area contributed by atoms with Gasteiger partial charge in [0.2, 0.25) is 0 Å². The fourth-order valence-corrected chi connectivity index (χ4v) is 0. The zero-order valence-corrected chi connectivity index (χ0v) is 247. The predicted molar refractivity (Wildman–Crippen MR) is 6.41 cm³/mol. The van der Waals surface area contributed by atoms with Gasteiger partial charge in [-0.1, -0.05) is 0 Å². The van der Waals surface area contributed by atoms with E-state index < -0.39 is 0 Å². The normalized spacial score (nSPS) is 0. The van der Waals surface area contributed by atoms with Crippen molar-refractivity contribution in [1.29, 1.82) is 0 Å². The predicted octanol–water partition coefficient (Wildman–Crippen LogP) is 0.270. The maximum Gasteiger partial charge on any atom is 0 e. The van der Waals surface area contributed by atoms with Crippen molar-refractivity contribution in [3.05, 3.63) is 7.43 Å². The van der Waals surface area contributed by atoms with Crippen molar-refractivity contribution >= 4 is 0 Å². The van der Waals surface area contributed by atoms with Gasteiger partial charge in [0.1, 0.15) is 0 Å². The molecule has 0 heterocycles. The van der Waals surface area contributed by atoms with Crippen LogP contribution >= 0.6 is 0 Å². The zero-order valence-electron chi connectivity index (χ0n) is 42.6. The van der Waals surface area contributed by atoms with Crippen molar-refractivity contribution in [1.82, 2.24) is 0 Å². The van der Waals surface area contributed by atoms with Crippen LogP contribution in [0.4, 0.5) is 0 Å². The first-order valence-corrected chi connectivity index (χ1v) is 0. The van der Waals surface area contributed by atoms with E-state index in [1.165, 1.54) is 0 Å². The molecular weight excluding hydrogens is 6410 g/mol. The standard InChI is InChI=1S/CH3.72Y/h1H3;;;;;;;;;;;;;;;;;;;;;;;;;;;;;;;;;;;;;;;;;;;;;;;;;;;;;;;;;;;;;;;;;;;;;;;;/q-1;;;;;;;;;;;;;;;;;;;;;;;;;;;;;;;;;;;;;;;;;;;;;;;;;;;;;;;;;;;;;;;;;;;;;;;;. The molecule has 224 valence electrons. The number of hydrogen-bond acceptors (Lipinski definition) is 0. The molecule has 0 aromatic rings. The van der Waals surface area contributed by atoms with Gasteiger partial charge in [0.25, 0.3) is 0 Å². The van der Waals surface area contributed by atoms with Crippen LogP contribution in [-0.4, -0.2) is 0 Å². The Hall–Kier alpha value is 79.5. The Morgan fingerprint density at radius 2 is 0.0274 bits per heavy atom. The minimum absolute atomic E-state index is 0. The van der Waals surface area contributed by atoms with Gasteiger partial charge in [-0.2, -0.15) is 0 Å².